The van der Waals surface area contributed by atoms with Crippen molar-refractivity contribution in [3.63, 3.8) is 0 Å². The lowest BCUT2D eigenvalue weighted by Crippen LogP contribution is -2.54. The molecule has 0 bridgehead atoms. The second kappa shape index (κ2) is 4.30. The van der Waals surface area contributed by atoms with Gasteiger partial charge in [-0.05, 0) is 27.2 Å². The minimum absolute atomic E-state index is 0.00843. The summed E-state index contributed by atoms with van der Waals surface area (Å²) in [5.41, 5.74) is -0.935. The fourth-order valence-corrected chi connectivity index (χ4v) is 0.727. The maximum absolute atomic E-state index is 11.8. The van der Waals surface area contributed by atoms with Crippen LogP contribution in [0.2, 0.25) is 0 Å². The topological polar surface area (TPSA) is 49.3 Å². The Kier molecular flexibility index (Phi) is 4.13. The highest BCUT2D eigenvalue weighted by Crippen LogP contribution is 2.21. The van der Waals surface area contributed by atoms with Gasteiger partial charge in [-0.1, -0.05) is 20.8 Å². The summed E-state index contributed by atoms with van der Waals surface area (Å²) in [6, 6.07) is 0. The number of nitrogens with one attached hydrogen (secondary N) is 1. The fraction of sp³-hybridized carbons (Fsp3) is 0.909. The van der Waals surface area contributed by atoms with E-state index in [2.05, 4.69) is 5.32 Å². The van der Waals surface area contributed by atoms with Crippen LogP contribution in [0.4, 0.5) is 0 Å². The molecule has 0 saturated carbocycles. The summed E-state index contributed by atoms with van der Waals surface area (Å²) < 4.78 is 0. The van der Waals surface area contributed by atoms with Crippen LogP contribution < -0.4 is 5.32 Å². The van der Waals surface area contributed by atoms with Gasteiger partial charge >= 0.3 is 0 Å². The SMILES string of the molecule is CCC(C)(C)C(=O)NC(C)(C)C(C)O. The number of aliphatic hydroxyl groups excluding tert-OH is 1. The summed E-state index contributed by atoms with van der Waals surface area (Å²) in [6.45, 7) is 11.1. The average molecular weight is 201 g/mol. The monoisotopic (exact) mass is 201 g/mol. The van der Waals surface area contributed by atoms with Crippen molar-refractivity contribution in [1.82, 2.24) is 5.32 Å². The molecule has 3 heteroatoms. The molecule has 0 aliphatic heterocycles. The normalized spacial score (nSPS) is 15.1. The number of hydrogen-bond acceptors (Lipinski definition) is 2. The number of carbonyl (C=O) groups excluding carboxylic acids is 1. The van der Waals surface area contributed by atoms with Gasteiger partial charge in [-0.25, -0.2) is 0 Å². The van der Waals surface area contributed by atoms with Crippen LogP contribution in [-0.2, 0) is 4.79 Å². The molecule has 0 aliphatic carbocycles. The molecule has 0 spiro atoms. The van der Waals surface area contributed by atoms with Crippen LogP contribution in [0, 0.1) is 5.41 Å². The van der Waals surface area contributed by atoms with Crippen molar-refractivity contribution in [3.05, 3.63) is 0 Å². The molecule has 84 valence electrons. The smallest absolute Gasteiger partial charge is 0.226 e. The summed E-state index contributed by atoms with van der Waals surface area (Å²) in [5, 5.41) is 12.3. The molecule has 0 radical (unpaired) electrons. The lowest BCUT2D eigenvalue weighted by molar-refractivity contribution is -0.132. The van der Waals surface area contributed by atoms with E-state index in [1.54, 1.807) is 6.92 Å². The number of aliphatic hydroxyl groups is 1. The standard InChI is InChI=1S/C11H23NO2/c1-7-10(3,4)9(14)12-11(5,6)8(2)13/h8,13H,7H2,1-6H3,(H,12,14). The van der Waals surface area contributed by atoms with E-state index in [0.29, 0.717) is 0 Å². The molecule has 1 atom stereocenters. The molecular formula is C11H23NO2. The number of amides is 1. The van der Waals surface area contributed by atoms with E-state index in [4.69, 9.17) is 0 Å². The average Bonchev–Trinajstić information content (AvgIpc) is 2.03. The van der Waals surface area contributed by atoms with Crippen LogP contribution in [0.25, 0.3) is 0 Å². The lowest BCUT2D eigenvalue weighted by atomic mass is 9.87. The van der Waals surface area contributed by atoms with Crippen molar-refractivity contribution in [2.45, 2.75) is 59.6 Å². The van der Waals surface area contributed by atoms with E-state index >= 15 is 0 Å². The van der Waals surface area contributed by atoms with Gasteiger partial charge in [-0.3, -0.25) is 4.79 Å². The number of rotatable bonds is 4. The number of carbonyl (C=O) groups is 1. The van der Waals surface area contributed by atoms with Crippen LogP contribution in [0.5, 0.6) is 0 Å². The highest BCUT2D eigenvalue weighted by molar-refractivity contribution is 5.82. The van der Waals surface area contributed by atoms with Crippen LogP contribution in [-0.4, -0.2) is 22.7 Å². The minimum Gasteiger partial charge on any atom is -0.391 e. The van der Waals surface area contributed by atoms with Crippen molar-refractivity contribution in [2.24, 2.45) is 5.41 Å². The first-order valence-electron chi connectivity index (χ1n) is 5.14. The summed E-state index contributed by atoms with van der Waals surface area (Å²) in [6.07, 6.45) is 0.230. The highest BCUT2D eigenvalue weighted by atomic mass is 16.3. The predicted molar refractivity (Wildman–Crippen MR) is 58.0 cm³/mol. The first-order chi connectivity index (χ1) is 6.13. The van der Waals surface area contributed by atoms with E-state index < -0.39 is 11.6 Å². The van der Waals surface area contributed by atoms with Gasteiger partial charge in [0.25, 0.3) is 0 Å². The van der Waals surface area contributed by atoms with Gasteiger partial charge < -0.3 is 10.4 Å². The van der Waals surface area contributed by atoms with Crippen molar-refractivity contribution in [3.8, 4) is 0 Å². The van der Waals surface area contributed by atoms with Crippen LogP contribution in [0.3, 0.4) is 0 Å². The number of hydrogen-bond donors (Lipinski definition) is 2. The van der Waals surface area contributed by atoms with Crippen LogP contribution in [0.15, 0.2) is 0 Å². The molecule has 3 nitrogen and oxygen atoms in total. The quantitative estimate of drug-likeness (QED) is 0.727. The second-order valence-electron chi connectivity index (χ2n) is 5.09. The Hall–Kier alpha value is -0.570. The van der Waals surface area contributed by atoms with Gasteiger partial charge in [0.05, 0.1) is 11.6 Å². The van der Waals surface area contributed by atoms with E-state index in [0.717, 1.165) is 6.42 Å². The van der Waals surface area contributed by atoms with E-state index in [1.165, 1.54) is 0 Å². The van der Waals surface area contributed by atoms with Crippen molar-refractivity contribution < 1.29 is 9.90 Å². The molecule has 0 aromatic rings. The molecule has 1 amide bonds. The molecular weight excluding hydrogens is 178 g/mol. The van der Waals surface area contributed by atoms with Gasteiger partial charge in [0, 0.05) is 5.41 Å². The summed E-state index contributed by atoms with van der Waals surface area (Å²) in [7, 11) is 0. The van der Waals surface area contributed by atoms with Crippen molar-refractivity contribution in [2.75, 3.05) is 0 Å². The van der Waals surface area contributed by atoms with Gasteiger partial charge in [0.15, 0.2) is 0 Å². The zero-order chi connectivity index (χ0) is 11.6. The molecule has 0 aromatic carbocycles. The van der Waals surface area contributed by atoms with Crippen molar-refractivity contribution >= 4 is 5.91 Å². The van der Waals surface area contributed by atoms with E-state index in [1.807, 2.05) is 34.6 Å². The third kappa shape index (κ3) is 3.29. The zero-order valence-corrected chi connectivity index (χ0v) is 10.1. The van der Waals surface area contributed by atoms with Gasteiger partial charge in [-0.15, -0.1) is 0 Å². The first kappa shape index (κ1) is 13.4. The Morgan fingerprint density at radius 2 is 1.79 bits per heavy atom. The molecule has 0 aromatic heterocycles. The second-order valence-corrected chi connectivity index (χ2v) is 5.09. The zero-order valence-electron chi connectivity index (χ0n) is 10.1. The summed E-state index contributed by atoms with van der Waals surface area (Å²) in [5.74, 6) is -0.00843. The highest BCUT2D eigenvalue weighted by Gasteiger charge is 2.32. The fourth-order valence-electron chi connectivity index (χ4n) is 0.727. The Morgan fingerprint density at radius 3 is 2.07 bits per heavy atom. The summed E-state index contributed by atoms with van der Waals surface area (Å²) in [4.78, 5) is 11.8. The predicted octanol–water partition coefficient (Wildman–Crippen LogP) is 1.70. The molecule has 14 heavy (non-hydrogen) atoms. The molecule has 0 heterocycles. The van der Waals surface area contributed by atoms with E-state index in [9.17, 15) is 9.90 Å². The van der Waals surface area contributed by atoms with E-state index in [-0.39, 0.29) is 11.3 Å². The molecule has 1 unspecified atom stereocenters. The third-order valence-electron chi connectivity index (χ3n) is 2.98. The Labute approximate surface area is 86.9 Å². The Bertz CT molecular complexity index is 207. The molecule has 0 rings (SSSR count). The largest absolute Gasteiger partial charge is 0.391 e. The van der Waals surface area contributed by atoms with Crippen LogP contribution in [0.1, 0.15) is 48.0 Å². The summed E-state index contributed by atoms with van der Waals surface area (Å²) >= 11 is 0. The van der Waals surface area contributed by atoms with Crippen LogP contribution >= 0.6 is 0 Å². The van der Waals surface area contributed by atoms with Gasteiger partial charge in [-0.2, -0.15) is 0 Å². The molecule has 0 aliphatic rings. The Balaban J connectivity index is 4.48. The maximum Gasteiger partial charge on any atom is 0.226 e. The third-order valence-corrected chi connectivity index (χ3v) is 2.98. The maximum atomic E-state index is 11.8. The molecule has 2 N–H and O–H groups in total. The first-order valence-corrected chi connectivity index (χ1v) is 5.14. The lowest BCUT2D eigenvalue weighted by Gasteiger charge is -2.33. The van der Waals surface area contributed by atoms with Gasteiger partial charge in [0.2, 0.25) is 5.91 Å². The minimum atomic E-state index is -0.566. The molecule has 0 saturated heterocycles. The Morgan fingerprint density at radius 1 is 1.36 bits per heavy atom. The van der Waals surface area contributed by atoms with Crippen molar-refractivity contribution in [1.29, 1.82) is 0 Å². The molecule has 0 fully saturated rings. The van der Waals surface area contributed by atoms with Gasteiger partial charge in [0.1, 0.15) is 0 Å².